The quantitative estimate of drug-likeness (QED) is 0.594. The standard InChI is InChI=1S/C24H33N5O3S/c1-13(2)26-18-9-14(3)17(12-25-18)20-19(23(31)29-8-6-7-15(29)4)28-22(33-20)21(30)27-16-10-24(5,32)11-16/h9,12-13,15-16,32H,6-8,10-11H2,1-5H3,(H,25,26)(H,27,30)/t15-,16?,24?/m0/s1. The molecule has 3 N–H and O–H groups in total. The van der Waals surface area contributed by atoms with Gasteiger partial charge < -0.3 is 20.6 Å². The number of thiazole rings is 1. The number of anilines is 1. The van der Waals surface area contributed by atoms with Crippen molar-refractivity contribution < 1.29 is 14.7 Å². The second-order valence-corrected chi connectivity index (χ2v) is 10.9. The summed E-state index contributed by atoms with van der Waals surface area (Å²) in [5.41, 5.74) is 1.35. The van der Waals surface area contributed by atoms with Gasteiger partial charge in [0.2, 0.25) is 0 Å². The maximum atomic E-state index is 13.5. The normalized spacial score (nSPS) is 24.6. The van der Waals surface area contributed by atoms with Gasteiger partial charge in [0.1, 0.15) is 11.5 Å². The lowest BCUT2D eigenvalue weighted by atomic mass is 9.77. The number of aryl methyl sites for hydroxylation is 1. The van der Waals surface area contributed by atoms with Crippen LogP contribution in [0.15, 0.2) is 12.3 Å². The summed E-state index contributed by atoms with van der Waals surface area (Å²) in [6.07, 6.45) is 4.72. The second kappa shape index (κ2) is 9.02. The number of pyridine rings is 1. The van der Waals surface area contributed by atoms with Crippen molar-refractivity contribution >= 4 is 29.0 Å². The predicted molar refractivity (Wildman–Crippen MR) is 130 cm³/mol. The van der Waals surface area contributed by atoms with Gasteiger partial charge in [0, 0.05) is 36.4 Å². The van der Waals surface area contributed by atoms with Crippen LogP contribution in [0.25, 0.3) is 10.4 Å². The Hall–Kier alpha value is -2.52. The highest BCUT2D eigenvalue weighted by atomic mass is 32.1. The van der Waals surface area contributed by atoms with E-state index in [2.05, 4.69) is 34.4 Å². The lowest BCUT2D eigenvalue weighted by Crippen LogP contribution is -2.53. The van der Waals surface area contributed by atoms with Gasteiger partial charge in [-0.15, -0.1) is 11.3 Å². The van der Waals surface area contributed by atoms with Gasteiger partial charge in [-0.05, 0) is 71.9 Å². The minimum absolute atomic E-state index is 0.0811. The molecule has 1 atom stereocenters. The molecule has 2 fully saturated rings. The summed E-state index contributed by atoms with van der Waals surface area (Å²) in [4.78, 5) is 38.0. The van der Waals surface area contributed by atoms with Crippen molar-refractivity contribution in [3.05, 3.63) is 28.5 Å². The zero-order valence-electron chi connectivity index (χ0n) is 19.9. The zero-order chi connectivity index (χ0) is 23.9. The Bertz CT molecular complexity index is 1060. The Balaban J connectivity index is 1.67. The number of rotatable bonds is 6. The molecule has 33 heavy (non-hydrogen) atoms. The number of nitrogens with zero attached hydrogens (tertiary/aromatic N) is 3. The van der Waals surface area contributed by atoms with Crippen LogP contribution < -0.4 is 10.6 Å². The SMILES string of the molecule is Cc1cc(NC(C)C)ncc1-c1sc(C(=O)NC2CC(C)(O)C2)nc1C(=O)N1CCC[C@@H]1C. The number of aliphatic hydroxyl groups is 1. The van der Waals surface area contributed by atoms with Gasteiger partial charge >= 0.3 is 0 Å². The molecule has 0 unspecified atom stereocenters. The van der Waals surface area contributed by atoms with Crippen LogP contribution in [0.1, 0.15) is 79.2 Å². The monoisotopic (exact) mass is 471 g/mol. The van der Waals surface area contributed by atoms with Crippen molar-refractivity contribution in [3.8, 4) is 10.4 Å². The summed E-state index contributed by atoms with van der Waals surface area (Å²) < 4.78 is 0. The third kappa shape index (κ3) is 5.04. The molecule has 2 aromatic heterocycles. The molecule has 4 rings (SSSR count). The number of amides is 2. The molecule has 2 amide bonds. The van der Waals surface area contributed by atoms with E-state index >= 15 is 0 Å². The van der Waals surface area contributed by atoms with E-state index in [9.17, 15) is 14.7 Å². The molecule has 1 saturated carbocycles. The van der Waals surface area contributed by atoms with Crippen LogP contribution in [-0.4, -0.2) is 62.1 Å². The highest BCUT2D eigenvalue weighted by molar-refractivity contribution is 7.17. The van der Waals surface area contributed by atoms with Gasteiger partial charge in [0.25, 0.3) is 11.8 Å². The zero-order valence-corrected chi connectivity index (χ0v) is 20.8. The first kappa shape index (κ1) is 23.6. The molecule has 3 heterocycles. The molecule has 0 aromatic carbocycles. The minimum Gasteiger partial charge on any atom is -0.390 e. The molecule has 0 bridgehead atoms. The van der Waals surface area contributed by atoms with E-state index in [0.717, 1.165) is 29.8 Å². The van der Waals surface area contributed by atoms with Gasteiger partial charge in [0.05, 0.1) is 10.5 Å². The maximum Gasteiger partial charge on any atom is 0.280 e. The van der Waals surface area contributed by atoms with E-state index in [1.54, 1.807) is 13.1 Å². The number of hydrogen-bond donors (Lipinski definition) is 3. The predicted octanol–water partition coefficient (Wildman–Crippen LogP) is 3.60. The largest absolute Gasteiger partial charge is 0.390 e. The first-order valence-electron chi connectivity index (χ1n) is 11.6. The third-order valence-electron chi connectivity index (χ3n) is 6.34. The first-order chi connectivity index (χ1) is 15.5. The third-order valence-corrected chi connectivity index (χ3v) is 7.42. The average molecular weight is 472 g/mol. The summed E-state index contributed by atoms with van der Waals surface area (Å²) in [6, 6.07) is 2.28. The average Bonchev–Trinajstić information content (AvgIpc) is 3.32. The Morgan fingerprint density at radius 1 is 1.33 bits per heavy atom. The van der Waals surface area contributed by atoms with Crippen molar-refractivity contribution in [1.82, 2.24) is 20.2 Å². The molecule has 2 aromatic rings. The number of carbonyl (C=O) groups is 2. The van der Waals surface area contributed by atoms with Gasteiger partial charge in [-0.2, -0.15) is 0 Å². The summed E-state index contributed by atoms with van der Waals surface area (Å²) in [6.45, 7) is 10.6. The minimum atomic E-state index is -0.729. The highest BCUT2D eigenvalue weighted by Gasteiger charge is 2.40. The maximum absolute atomic E-state index is 13.5. The summed E-state index contributed by atoms with van der Waals surface area (Å²) >= 11 is 1.23. The molecule has 9 heteroatoms. The van der Waals surface area contributed by atoms with Gasteiger partial charge in [0.15, 0.2) is 5.01 Å². The van der Waals surface area contributed by atoms with Gasteiger partial charge in [-0.25, -0.2) is 9.97 Å². The Morgan fingerprint density at radius 3 is 2.64 bits per heavy atom. The van der Waals surface area contributed by atoms with Crippen LogP contribution in [-0.2, 0) is 0 Å². The van der Waals surface area contributed by atoms with Crippen LogP contribution >= 0.6 is 11.3 Å². The summed E-state index contributed by atoms with van der Waals surface area (Å²) in [5.74, 6) is 0.325. The van der Waals surface area contributed by atoms with E-state index in [4.69, 9.17) is 0 Å². The fraction of sp³-hybridized carbons (Fsp3) is 0.583. The number of hydrogen-bond acceptors (Lipinski definition) is 7. The number of carbonyl (C=O) groups excluding carboxylic acids is 2. The van der Waals surface area contributed by atoms with Crippen LogP contribution in [0.5, 0.6) is 0 Å². The lowest BCUT2D eigenvalue weighted by Gasteiger charge is -2.40. The van der Waals surface area contributed by atoms with E-state index < -0.39 is 5.60 Å². The topological polar surface area (TPSA) is 107 Å². The van der Waals surface area contributed by atoms with E-state index in [1.165, 1.54) is 11.3 Å². The molecule has 178 valence electrons. The number of nitrogens with one attached hydrogen (secondary N) is 2. The molecule has 1 aliphatic heterocycles. The molecule has 1 aliphatic carbocycles. The van der Waals surface area contributed by atoms with Crippen LogP contribution in [0.3, 0.4) is 0 Å². The molecule has 8 nitrogen and oxygen atoms in total. The first-order valence-corrected chi connectivity index (χ1v) is 12.4. The van der Waals surface area contributed by atoms with Crippen molar-refractivity contribution in [3.63, 3.8) is 0 Å². The Labute approximate surface area is 198 Å². The van der Waals surface area contributed by atoms with Crippen molar-refractivity contribution in [2.75, 3.05) is 11.9 Å². The molecule has 0 spiro atoms. The number of aromatic nitrogens is 2. The van der Waals surface area contributed by atoms with Crippen LogP contribution in [0, 0.1) is 6.92 Å². The van der Waals surface area contributed by atoms with E-state index in [0.29, 0.717) is 30.0 Å². The van der Waals surface area contributed by atoms with E-state index in [-0.39, 0.29) is 34.9 Å². The van der Waals surface area contributed by atoms with Crippen molar-refractivity contribution in [2.24, 2.45) is 0 Å². The molecule has 0 radical (unpaired) electrons. The smallest absolute Gasteiger partial charge is 0.280 e. The highest BCUT2D eigenvalue weighted by Crippen LogP contribution is 2.36. The Kier molecular flexibility index (Phi) is 6.46. The van der Waals surface area contributed by atoms with E-state index in [1.807, 2.05) is 24.8 Å². The van der Waals surface area contributed by atoms with Crippen molar-refractivity contribution in [1.29, 1.82) is 0 Å². The lowest BCUT2D eigenvalue weighted by molar-refractivity contribution is -0.0367. The fourth-order valence-electron chi connectivity index (χ4n) is 4.64. The van der Waals surface area contributed by atoms with Gasteiger partial charge in [-0.1, -0.05) is 0 Å². The fourth-order valence-corrected chi connectivity index (χ4v) is 5.67. The molecular formula is C24H33N5O3S. The Morgan fingerprint density at radius 2 is 2.06 bits per heavy atom. The molecular weight excluding hydrogens is 438 g/mol. The molecule has 2 aliphatic rings. The number of likely N-dealkylation sites (tertiary alicyclic amines) is 1. The van der Waals surface area contributed by atoms with Gasteiger partial charge in [-0.3, -0.25) is 9.59 Å². The second-order valence-electron chi connectivity index (χ2n) is 9.95. The van der Waals surface area contributed by atoms with Crippen LogP contribution in [0.2, 0.25) is 0 Å². The van der Waals surface area contributed by atoms with Crippen LogP contribution in [0.4, 0.5) is 5.82 Å². The molecule has 1 saturated heterocycles. The summed E-state index contributed by atoms with van der Waals surface area (Å²) in [7, 11) is 0. The summed E-state index contributed by atoms with van der Waals surface area (Å²) in [5, 5.41) is 16.5. The van der Waals surface area contributed by atoms with Crippen molar-refractivity contribution in [2.45, 2.75) is 84.0 Å².